The van der Waals surface area contributed by atoms with Crippen LogP contribution in [0.1, 0.15) is 76.3 Å². The van der Waals surface area contributed by atoms with Gasteiger partial charge in [0.05, 0.1) is 12.6 Å². The first kappa shape index (κ1) is 34.8. The summed E-state index contributed by atoms with van der Waals surface area (Å²) in [6, 6.07) is 15.8. The molecule has 3 rings (SSSR count). The molecule has 0 spiro atoms. The Morgan fingerprint density at radius 3 is 2.05 bits per heavy atom. The summed E-state index contributed by atoms with van der Waals surface area (Å²) in [5, 5.41) is 12.0. The Labute approximate surface area is 263 Å². The zero-order valence-electron chi connectivity index (χ0n) is 25.7. The van der Waals surface area contributed by atoms with E-state index < -0.39 is 45.3 Å². The van der Waals surface area contributed by atoms with Crippen LogP contribution in [0, 0.1) is 0 Å². The molecule has 11 heteroatoms. The fourth-order valence-corrected chi connectivity index (χ4v) is 6.84. The van der Waals surface area contributed by atoms with Gasteiger partial charge in [-0.05, 0) is 42.2 Å². The largest absolute Gasteiger partial charge is 0.480 e. The van der Waals surface area contributed by atoms with Gasteiger partial charge < -0.3 is 15.6 Å². The number of esters is 1. The number of carboxylic acid groups (broad SMARTS) is 1. The number of carbonyl (C=O) groups is 5. The third-order valence-corrected chi connectivity index (χ3v) is 8.98. The minimum absolute atomic E-state index is 0.0983. The molecule has 0 bridgehead atoms. The Morgan fingerprint density at radius 1 is 0.977 bits per heavy atom. The number of nitrogens with two attached hydrogens (primary N) is 1. The van der Waals surface area contributed by atoms with Crippen LogP contribution in [0.15, 0.2) is 60.7 Å². The zero-order valence-corrected chi connectivity index (χ0v) is 26.5. The number of methoxy groups -OCH3 is 1. The van der Waals surface area contributed by atoms with Gasteiger partial charge in [0.1, 0.15) is 0 Å². The highest BCUT2D eigenvalue weighted by Crippen LogP contribution is 2.40. The van der Waals surface area contributed by atoms with Crippen molar-refractivity contribution in [2.24, 2.45) is 5.73 Å². The number of hydrogen-bond acceptors (Lipinski definition) is 8. The predicted molar refractivity (Wildman–Crippen MR) is 168 cm³/mol. The lowest BCUT2D eigenvalue weighted by atomic mass is 9.95. The SMILES string of the molecule is CCCCCC(=O)N(N(C(=O)C1(N)CCCC1)C(Cc1ccccc1)C(=O)O)[C@](Cc1ccccc1)(SC(C)=O)C(=O)OC. The molecular weight excluding hydrogens is 582 g/mol. The third kappa shape index (κ3) is 8.26. The summed E-state index contributed by atoms with van der Waals surface area (Å²) >= 11 is 0.537. The quantitative estimate of drug-likeness (QED) is 0.134. The minimum atomic E-state index is -2.15. The standard InChI is InChI=1S/C33H43N3O7S/c1-4-5-8-19-28(38)36(33(31(42)43-3,44-24(2)37)23-26-17-11-7-12-18-26)35(30(41)32(34)20-13-14-21-32)27(29(39)40)22-25-15-9-6-10-16-25/h6-7,9-12,15-18,27H,4-5,8,13-14,19-23,34H2,1-3H3,(H,39,40)/t27?,33-/m1/s1. The first-order valence-corrected chi connectivity index (χ1v) is 15.8. The van der Waals surface area contributed by atoms with Crippen molar-refractivity contribution in [3.63, 3.8) is 0 Å². The highest BCUT2D eigenvalue weighted by atomic mass is 32.2. The van der Waals surface area contributed by atoms with E-state index in [-0.39, 0.29) is 32.1 Å². The molecule has 2 aromatic carbocycles. The molecule has 2 aromatic rings. The van der Waals surface area contributed by atoms with Gasteiger partial charge in [-0.3, -0.25) is 14.4 Å². The number of thioether (sulfide) groups is 1. The van der Waals surface area contributed by atoms with Crippen LogP contribution in [0.3, 0.4) is 0 Å². The van der Waals surface area contributed by atoms with E-state index in [2.05, 4.69) is 0 Å². The average molecular weight is 626 g/mol. The smallest absolute Gasteiger partial charge is 0.345 e. The van der Waals surface area contributed by atoms with E-state index in [4.69, 9.17) is 10.5 Å². The first-order chi connectivity index (χ1) is 21.0. The second kappa shape index (κ2) is 15.9. The maximum atomic E-state index is 14.7. The zero-order chi connectivity index (χ0) is 32.3. The van der Waals surface area contributed by atoms with Crippen molar-refractivity contribution in [1.29, 1.82) is 0 Å². The van der Waals surface area contributed by atoms with Crippen LogP contribution in [0.2, 0.25) is 0 Å². The molecule has 2 atom stereocenters. The lowest BCUT2D eigenvalue weighted by molar-refractivity contribution is -0.193. The van der Waals surface area contributed by atoms with E-state index in [1.807, 2.05) is 6.92 Å². The molecule has 0 saturated heterocycles. The molecule has 1 fully saturated rings. The molecule has 238 valence electrons. The van der Waals surface area contributed by atoms with Gasteiger partial charge in [0.2, 0.25) is 10.8 Å². The molecular formula is C33H43N3O7S. The fraction of sp³-hybridized carbons (Fsp3) is 0.485. The van der Waals surface area contributed by atoms with E-state index in [9.17, 15) is 29.1 Å². The first-order valence-electron chi connectivity index (χ1n) is 15.0. The average Bonchev–Trinajstić information content (AvgIpc) is 3.46. The molecule has 1 aliphatic rings. The van der Waals surface area contributed by atoms with E-state index in [1.165, 1.54) is 6.92 Å². The molecule has 1 saturated carbocycles. The molecule has 10 nitrogen and oxygen atoms in total. The molecule has 44 heavy (non-hydrogen) atoms. The van der Waals surface area contributed by atoms with E-state index in [0.29, 0.717) is 48.6 Å². The summed E-state index contributed by atoms with van der Waals surface area (Å²) in [5.74, 6) is -3.82. The van der Waals surface area contributed by atoms with Crippen LogP contribution >= 0.6 is 11.8 Å². The number of rotatable bonds is 14. The van der Waals surface area contributed by atoms with Crippen molar-refractivity contribution in [2.45, 2.75) is 94.5 Å². The van der Waals surface area contributed by atoms with Crippen LogP contribution in [-0.2, 0) is 41.6 Å². The van der Waals surface area contributed by atoms with Gasteiger partial charge in [-0.1, -0.05) is 93.3 Å². The van der Waals surface area contributed by atoms with Gasteiger partial charge in [-0.2, -0.15) is 0 Å². The summed E-state index contributed by atoms with van der Waals surface area (Å²) in [7, 11) is 1.13. The van der Waals surface area contributed by atoms with Crippen LogP contribution < -0.4 is 5.73 Å². The van der Waals surface area contributed by atoms with Crippen LogP contribution in [0.5, 0.6) is 0 Å². The topological polar surface area (TPSA) is 147 Å². The number of ether oxygens (including phenoxy) is 1. The van der Waals surface area contributed by atoms with Gasteiger partial charge in [0.25, 0.3) is 5.91 Å². The number of carboxylic acids is 1. The number of hydrazine groups is 1. The number of amides is 2. The number of unbranched alkanes of at least 4 members (excludes halogenated alkanes) is 2. The molecule has 1 unspecified atom stereocenters. The van der Waals surface area contributed by atoms with Gasteiger partial charge in [0, 0.05) is 26.2 Å². The van der Waals surface area contributed by atoms with Gasteiger partial charge in [-0.15, -0.1) is 0 Å². The number of aliphatic carboxylic acids is 1. The minimum Gasteiger partial charge on any atom is -0.480 e. The molecule has 1 aliphatic carbocycles. The van der Waals surface area contributed by atoms with Crippen LogP contribution in [0.4, 0.5) is 0 Å². The van der Waals surface area contributed by atoms with E-state index >= 15 is 0 Å². The van der Waals surface area contributed by atoms with Crippen molar-refractivity contribution < 1.29 is 33.8 Å². The summed E-state index contributed by atoms with van der Waals surface area (Å²) in [6.07, 6.45) is 3.24. The van der Waals surface area contributed by atoms with Gasteiger partial charge >= 0.3 is 11.9 Å². The normalized spacial score (nSPS) is 15.9. The van der Waals surface area contributed by atoms with E-state index in [1.54, 1.807) is 60.7 Å². The number of carbonyl (C=O) groups excluding carboxylic acids is 4. The Hall–Kier alpha value is -3.70. The highest BCUT2D eigenvalue weighted by molar-refractivity contribution is 8.15. The summed E-state index contributed by atoms with van der Waals surface area (Å²) in [4.78, 5) is 67.1. The second-order valence-electron chi connectivity index (χ2n) is 11.3. The third-order valence-electron chi connectivity index (χ3n) is 7.87. The monoisotopic (exact) mass is 625 g/mol. The second-order valence-corrected chi connectivity index (χ2v) is 12.7. The Balaban J connectivity index is 2.37. The summed E-state index contributed by atoms with van der Waals surface area (Å²) < 4.78 is 5.26. The highest BCUT2D eigenvalue weighted by Gasteiger charge is 2.57. The number of nitrogens with zero attached hydrogens (tertiary/aromatic N) is 2. The predicted octanol–water partition coefficient (Wildman–Crippen LogP) is 4.50. The summed E-state index contributed by atoms with van der Waals surface area (Å²) in [6.45, 7) is 3.22. The number of benzene rings is 2. The molecule has 0 heterocycles. The maximum absolute atomic E-state index is 14.7. The van der Waals surface area contributed by atoms with Crippen molar-refractivity contribution in [3.8, 4) is 0 Å². The lowest BCUT2D eigenvalue weighted by Crippen LogP contribution is -2.71. The van der Waals surface area contributed by atoms with Crippen LogP contribution in [-0.4, -0.2) is 67.6 Å². The van der Waals surface area contributed by atoms with Crippen molar-refractivity contribution in [3.05, 3.63) is 71.8 Å². The lowest BCUT2D eigenvalue weighted by Gasteiger charge is -2.49. The van der Waals surface area contributed by atoms with E-state index in [0.717, 1.165) is 23.5 Å². The Bertz CT molecular complexity index is 1300. The summed E-state index contributed by atoms with van der Waals surface area (Å²) in [5.41, 5.74) is 6.39. The van der Waals surface area contributed by atoms with Crippen molar-refractivity contribution >= 4 is 40.6 Å². The molecule has 3 N–H and O–H groups in total. The Kier molecular flexibility index (Phi) is 12.5. The molecule has 0 aromatic heterocycles. The van der Waals surface area contributed by atoms with Crippen molar-refractivity contribution in [1.82, 2.24) is 10.0 Å². The van der Waals surface area contributed by atoms with Crippen molar-refractivity contribution in [2.75, 3.05) is 7.11 Å². The van der Waals surface area contributed by atoms with Crippen LogP contribution in [0.25, 0.3) is 0 Å². The fourth-order valence-electron chi connectivity index (χ4n) is 5.69. The molecule has 2 amide bonds. The molecule has 0 aliphatic heterocycles. The van der Waals surface area contributed by atoms with Gasteiger partial charge in [-0.25, -0.2) is 19.6 Å². The maximum Gasteiger partial charge on any atom is 0.345 e. The number of hydrogen-bond donors (Lipinski definition) is 2. The Morgan fingerprint density at radius 2 is 1.55 bits per heavy atom. The van der Waals surface area contributed by atoms with Gasteiger partial charge in [0.15, 0.2) is 11.2 Å². The molecule has 0 radical (unpaired) electrons.